The maximum absolute atomic E-state index is 12.8. The Bertz CT molecular complexity index is 1130. The van der Waals surface area contributed by atoms with Crippen molar-refractivity contribution in [2.24, 2.45) is 0 Å². The van der Waals surface area contributed by atoms with Crippen LogP contribution in [0.4, 0.5) is 0 Å². The molecule has 0 spiro atoms. The lowest BCUT2D eigenvalue weighted by atomic mass is 10.1. The Morgan fingerprint density at radius 2 is 1.76 bits per heavy atom. The van der Waals surface area contributed by atoms with Gasteiger partial charge in [-0.3, -0.25) is 9.59 Å². The third-order valence-electron chi connectivity index (χ3n) is 5.73. The number of hydrogen-bond donors (Lipinski definition) is 1. The second-order valence-corrected chi connectivity index (χ2v) is 9.64. The van der Waals surface area contributed by atoms with Gasteiger partial charge < -0.3 is 15.0 Å². The lowest BCUT2D eigenvalue weighted by Gasteiger charge is -2.24. The summed E-state index contributed by atoms with van der Waals surface area (Å²) in [6, 6.07) is 22.7. The minimum atomic E-state index is -0.138. The number of nitrogens with one attached hydrogen (secondary N) is 1. The van der Waals surface area contributed by atoms with E-state index in [1.807, 2.05) is 91.5 Å². The van der Waals surface area contributed by atoms with Crippen LogP contribution in [0.15, 0.2) is 72.8 Å². The van der Waals surface area contributed by atoms with Crippen LogP contribution in [-0.2, 0) is 11.3 Å². The molecule has 7 heteroatoms. The maximum Gasteiger partial charge on any atom is 0.251 e. The number of ether oxygens (including phenoxy) is 1. The van der Waals surface area contributed by atoms with Crippen molar-refractivity contribution in [3.05, 3.63) is 100 Å². The monoisotopic (exact) mass is 494 g/mol. The molecule has 1 saturated heterocycles. The third-order valence-corrected chi connectivity index (χ3v) is 7.24. The van der Waals surface area contributed by atoms with Crippen molar-refractivity contribution in [1.82, 2.24) is 10.2 Å². The Balaban J connectivity index is 1.40. The molecule has 3 aromatic rings. The van der Waals surface area contributed by atoms with E-state index in [9.17, 15) is 9.59 Å². The molecule has 0 saturated carbocycles. The fourth-order valence-corrected chi connectivity index (χ4v) is 5.18. The van der Waals surface area contributed by atoms with Crippen LogP contribution in [0.3, 0.4) is 0 Å². The zero-order valence-corrected chi connectivity index (χ0v) is 20.7. The summed E-state index contributed by atoms with van der Waals surface area (Å²) in [5.74, 6) is 1.23. The average Bonchev–Trinajstić information content (AvgIpc) is 3.21. The van der Waals surface area contributed by atoms with Gasteiger partial charge in [-0.05, 0) is 66.9 Å². The molecule has 0 aliphatic carbocycles. The molecule has 0 radical (unpaired) electrons. The highest BCUT2D eigenvalue weighted by Gasteiger charge is 2.32. The van der Waals surface area contributed by atoms with Gasteiger partial charge in [0.2, 0.25) is 5.91 Å². The van der Waals surface area contributed by atoms with Crippen LogP contribution in [-0.4, -0.2) is 29.1 Å². The number of carbonyl (C=O) groups excluding carboxylic acids is 2. The van der Waals surface area contributed by atoms with Crippen LogP contribution >= 0.6 is 23.4 Å². The molecule has 34 heavy (non-hydrogen) atoms. The summed E-state index contributed by atoms with van der Waals surface area (Å²) in [7, 11) is 0. The summed E-state index contributed by atoms with van der Waals surface area (Å²) in [6.45, 7) is 5.05. The Labute approximate surface area is 209 Å². The number of amides is 2. The number of benzene rings is 3. The first-order chi connectivity index (χ1) is 16.4. The minimum Gasteiger partial charge on any atom is -0.494 e. The van der Waals surface area contributed by atoms with Gasteiger partial charge in [-0.2, -0.15) is 0 Å². The zero-order valence-electron chi connectivity index (χ0n) is 19.2. The van der Waals surface area contributed by atoms with Gasteiger partial charge in [-0.25, -0.2) is 0 Å². The van der Waals surface area contributed by atoms with Gasteiger partial charge in [0.25, 0.3) is 5.91 Å². The van der Waals surface area contributed by atoms with E-state index in [1.165, 1.54) is 0 Å². The third kappa shape index (κ3) is 5.75. The summed E-state index contributed by atoms with van der Waals surface area (Å²) >= 11 is 7.58. The van der Waals surface area contributed by atoms with Crippen LogP contribution in [0.25, 0.3) is 0 Å². The van der Waals surface area contributed by atoms with Crippen molar-refractivity contribution in [3.63, 3.8) is 0 Å². The van der Waals surface area contributed by atoms with Crippen LogP contribution in [0.2, 0.25) is 5.02 Å². The fourth-order valence-electron chi connectivity index (χ4n) is 3.87. The molecule has 4 rings (SSSR count). The molecule has 1 heterocycles. The van der Waals surface area contributed by atoms with Crippen molar-refractivity contribution in [2.45, 2.75) is 31.8 Å². The van der Waals surface area contributed by atoms with Crippen molar-refractivity contribution in [2.75, 3.05) is 12.4 Å². The molecule has 3 aromatic carbocycles. The van der Waals surface area contributed by atoms with Gasteiger partial charge >= 0.3 is 0 Å². The largest absolute Gasteiger partial charge is 0.494 e. The molecular weight excluding hydrogens is 468 g/mol. The summed E-state index contributed by atoms with van der Waals surface area (Å²) < 4.78 is 5.48. The molecule has 1 aliphatic heterocycles. The van der Waals surface area contributed by atoms with Crippen molar-refractivity contribution in [3.8, 4) is 5.75 Å². The number of nitrogens with zero attached hydrogens (tertiary/aromatic N) is 1. The number of thioether (sulfide) groups is 1. The van der Waals surface area contributed by atoms with E-state index in [-0.39, 0.29) is 23.2 Å². The van der Waals surface area contributed by atoms with Gasteiger partial charge in [0, 0.05) is 17.1 Å². The lowest BCUT2D eigenvalue weighted by Crippen LogP contribution is -2.28. The van der Waals surface area contributed by atoms with Crippen LogP contribution in [0.1, 0.15) is 52.3 Å². The molecule has 5 nitrogen and oxygen atoms in total. The second-order valence-electron chi connectivity index (χ2n) is 8.13. The van der Waals surface area contributed by atoms with Gasteiger partial charge in [0.1, 0.15) is 11.1 Å². The van der Waals surface area contributed by atoms with Gasteiger partial charge in [-0.15, -0.1) is 11.8 Å². The average molecular weight is 495 g/mol. The standard InChI is InChI=1S/C27H27ClN2O3S/c1-3-33-24-14-10-20(11-15-24)18(2)29-26(32)21-6-8-22(9-7-21)27-30(25(31)17-34-27)16-19-4-12-23(28)13-5-19/h4-15,18,27H,3,16-17H2,1-2H3,(H,29,32)/t18-,27-/m0/s1. The Morgan fingerprint density at radius 3 is 2.41 bits per heavy atom. The van der Waals surface area contributed by atoms with E-state index in [0.717, 1.165) is 22.4 Å². The normalized spacial score (nSPS) is 16.4. The summed E-state index contributed by atoms with van der Waals surface area (Å²) in [6.07, 6.45) is 0. The summed E-state index contributed by atoms with van der Waals surface area (Å²) in [5, 5.41) is 3.64. The van der Waals surface area contributed by atoms with Crippen molar-refractivity contribution in [1.29, 1.82) is 0 Å². The molecule has 0 aromatic heterocycles. The first-order valence-corrected chi connectivity index (χ1v) is 12.7. The second kappa shape index (κ2) is 11.0. The smallest absolute Gasteiger partial charge is 0.251 e. The molecule has 2 amide bonds. The predicted molar refractivity (Wildman–Crippen MR) is 137 cm³/mol. The van der Waals surface area contributed by atoms with E-state index in [1.54, 1.807) is 11.8 Å². The van der Waals surface area contributed by atoms with E-state index in [2.05, 4.69) is 5.32 Å². The van der Waals surface area contributed by atoms with Gasteiger partial charge in [0.05, 0.1) is 18.4 Å². The summed E-state index contributed by atoms with van der Waals surface area (Å²) in [5.41, 5.74) is 3.62. The van der Waals surface area contributed by atoms with Crippen LogP contribution in [0.5, 0.6) is 5.75 Å². The fraction of sp³-hybridized carbons (Fsp3) is 0.259. The quantitative estimate of drug-likeness (QED) is 0.417. The highest BCUT2D eigenvalue weighted by atomic mass is 35.5. The number of hydrogen-bond acceptors (Lipinski definition) is 4. The molecule has 1 fully saturated rings. The van der Waals surface area contributed by atoms with Crippen LogP contribution < -0.4 is 10.1 Å². The molecular formula is C27H27ClN2O3S. The number of halogens is 1. The Kier molecular flexibility index (Phi) is 7.80. The topological polar surface area (TPSA) is 58.6 Å². The SMILES string of the molecule is CCOc1ccc([C@H](C)NC(=O)c2ccc([C@@H]3SCC(=O)N3Cc3ccc(Cl)cc3)cc2)cc1. The predicted octanol–water partition coefficient (Wildman–Crippen LogP) is 6.00. The Hall–Kier alpha value is -2.96. The highest BCUT2D eigenvalue weighted by molar-refractivity contribution is 8.00. The molecule has 0 unspecified atom stereocenters. The van der Waals surface area contributed by atoms with Crippen molar-refractivity contribution >= 4 is 35.2 Å². The van der Waals surface area contributed by atoms with Crippen LogP contribution in [0, 0.1) is 0 Å². The molecule has 2 atom stereocenters. The number of carbonyl (C=O) groups is 2. The number of rotatable bonds is 8. The highest BCUT2D eigenvalue weighted by Crippen LogP contribution is 2.39. The molecule has 1 aliphatic rings. The Morgan fingerprint density at radius 1 is 1.09 bits per heavy atom. The van der Waals surface area contributed by atoms with Crippen molar-refractivity contribution < 1.29 is 14.3 Å². The van der Waals surface area contributed by atoms with E-state index < -0.39 is 0 Å². The first kappa shape index (κ1) is 24.2. The molecule has 1 N–H and O–H groups in total. The molecule has 176 valence electrons. The van der Waals surface area contributed by atoms with E-state index in [4.69, 9.17) is 16.3 Å². The first-order valence-electron chi connectivity index (χ1n) is 11.2. The minimum absolute atomic E-state index is 0.0805. The van der Waals surface area contributed by atoms with Gasteiger partial charge in [-0.1, -0.05) is 48.0 Å². The maximum atomic E-state index is 12.8. The lowest BCUT2D eigenvalue weighted by molar-refractivity contribution is -0.128. The van der Waals surface area contributed by atoms with E-state index >= 15 is 0 Å². The van der Waals surface area contributed by atoms with E-state index in [0.29, 0.717) is 29.5 Å². The summed E-state index contributed by atoms with van der Waals surface area (Å²) in [4.78, 5) is 27.2. The van der Waals surface area contributed by atoms with Gasteiger partial charge in [0.15, 0.2) is 0 Å². The zero-order chi connectivity index (χ0) is 24.1. The molecule has 0 bridgehead atoms.